The van der Waals surface area contributed by atoms with Gasteiger partial charge in [0.2, 0.25) is 6.79 Å². The van der Waals surface area contributed by atoms with E-state index in [-0.39, 0.29) is 0 Å². The van der Waals surface area contributed by atoms with Crippen molar-refractivity contribution < 1.29 is 14.0 Å². The molecule has 2 aromatic rings. The predicted molar refractivity (Wildman–Crippen MR) is 98.8 cm³/mol. The average Bonchev–Trinajstić information content (AvgIpc) is 3.42. The van der Waals surface area contributed by atoms with E-state index in [1.165, 1.54) is 31.5 Å². The molecule has 0 aliphatic carbocycles. The minimum atomic E-state index is 0.334. The van der Waals surface area contributed by atoms with Crippen LogP contribution in [0.25, 0.3) is 0 Å². The van der Waals surface area contributed by atoms with Crippen molar-refractivity contribution in [2.24, 2.45) is 5.92 Å². The molecule has 1 aromatic heterocycles. The Morgan fingerprint density at radius 2 is 1.93 bits per heavy atom. The van der Waals surface area contributed by atoms with Crippen LogP contribution in [0, 0.1) is 12.8 Å². The molecule has 2 bridgehead atoms. The van der Waals surface area contributed by atoms with Gasteiger partial charge in [-0.05, 0) is 56.5 Å². The molecule has 0 N–H and O–H groups in total. The minimum absolute atomic E-state index is 0.334. The lowest BCUT2D eigenvalue weighted by atomic mass is 9.75. The summed E-state index contributed by atoms with van der Waals surface area (Å²) in [4.78, 5) is 5.38. The second-order valence-corrected chi connectivity index (χ2v) is 8.44. The first-order valence-corrected chi connectivity index (χ1v) is 10.1. The standard InChI is InChI=1S/C21H25N3O3/c1-13-8-16(27-22-13)10-24-11-17(15-2-3-18-19(9-15)26-12-25-18)21-20(24)14-4-6-23(21)7-5-14/h2-3,8-9,14,17,20-21H,4-7,10-12H2,1H3/t17-,20+,21+/m0/s1. The number of hydrogen-bond acceptors (Lipinski definition) is 6. The van der Waals surface area contributed by atoms with Gasteiger partial charge < -0.3 is 14.0 Å². The number of nitrogens with zero attached hydrogens (tertiary/aromatic N) is 3. The van der Waals surface area contributed by atoms with Crippen LogP contribution in [0.3, 0.4) is 0 Å². The third-order valence-corrected chi connectivity index (χ3v) is 6.95. The number of aryl methyl sites for hydroxylation is 1. The van der Waals surface area contributed by atoms with Crippen LogP contribution in [0.4, 0.5) is 0 Å². The smallest absolute Gasteiger partial charge is 0.231 e. The largest absolute Gasteiger partial charge is 0.454 e. The number of fused-ring (bicyclic) bond motifs is 3. The second-order valence-electron chi connectivity index (χ2n) is 8.44. The van der Waals surface area contributed by atoms with Gasteiger partial charge in [-0.15, -0.1) is 0 Å². The molecule has 5 aliphatic rings. The van der Waals surface area contributed by atoms with Crippen molar-refractivity contribution in [3.63, 3.8) is 0 Å². The van der Waals surface area contributed by atoms with Crippen LogP contribution in [0.2, 0.25) is 0 Å². The number of likely N-dealkylation sites (tertiary alicyclic amines) is 1. The number of benzene rings is 1. The Morgan fingerprint density at radius 3 is 2.74 bits per heavy atom. The van der Waals surface area contributed by atoms with Gasteiger partial charge in [0.1, 0.15) is 0 Å². The SMILES string of the molecule is Cc1cc(CN2C[C@@H](c3ccc4c(c3)OCO4)[C@@H]3[C@H]2C2CCN3CC2)on1. The lowest BCUT2D eigenvalue weighted by Gasteiger charge is -2.51. The lowest BCUT2D eigenvalue weighted by Crippen LogP contribution is -2.59. The van der Waals surface area contributed by atoms with Crippen LogP contribution in [-0.2, 0) is 6.54 Å². The summed E-state index contributed by atoms with van der Waals surface area (Å²) >= 11 is 0. The molecule has 6 nitrogen and oxygen atoms in total. The maximum Gasteiger partial charge on any atom is 0.231 e. The van der Waals surface area contributed by atoms with Crippen molar-refractivity contribution in [1.29, 1.82) is 0 Å². The van der Waals surface area contributed by atoms with E-state index in [2.05, 4.69) is 39.2 Å². The molecule has 6 heteroatoms. The van der Waals surface area contributed by atoms with Crippen LogP contribution < -0.4 is 9.47 Å². The van der Waals surface area contributed by atoms with Crippen LogP contribution in [-0.4, -0.2) is 53.5 Å². The Labute approximate surface area is 159 Å². The molecule has 7 rings (SSSR count). The van der Waals surface area contributed by atoms with E-state index >= 15 is 0 Å². The fraction of sp³-hybridized carbons (Fsp3) is 0.571. The van der Waals surface area contributed by atoms with Gasteiger partial charge in [-0.25, -0.2) is 0 Å². The van der Waals surface area contributed by atoms with Crippen molar-refractivity contribution >= 4 is 0 Å². The average molecular weight is 367 g/mol. The predicted octanol–water partition coefficient (Wildman–Crippen LogP) is 2.77. The summed E-state index contributed by atoms with van der Waals surface area (Å²) in [7, 11) is 0. The van der Waals surface area contributed by atoms with Crippen molar-refractivity contribution in [2.75, 3.05) is 26.4 Å². The van der Waals surface area contributed by atoms with Crippen LogP contribution in [0.1, 0.15) is 35.8 Å². The van der Waals surface area contributed by atoms with Crippen molar-refractivity contribution in [3.8, 4) is 11.5 Å². The summed E-state index contributed by atoms with van der Waals surface area (Å²) in [5, 5.41) is 4.08. The molecular formula is C21H25N3O3. The first-order chi connectivity index (χ1) is 13.3. The highest BCUT2D eigenvalue weighted by molar-refractivity contribution is 5.46. The Bertz CT molecular complexity index is 858. The van der Waals surface area contributed by atoms with E-state index < -0.39 is 0 Å². The summed E-state index contributed by atoms with van der Waals surface area (Å²) < 4.78 is 16.7. The molecular weight excluding hydrogens is 342 g/mol. The Kier molecular flexibility index (Phi) is 3.53. The molecule has 3 atom stereocenters. The van der Waals surface area contributed by atoms with Gasteiger partial charge in [-0.3, -0.25) is 9.80 Å². The van der Waals surface area contributed by atoms with Gasteiger partial charge in [-0.1, -0.05) is 11.2 Å². The highest BCUT2D eigenvalue weighted by atomic mass is 16.7. The monoisotopic (exact) mass is 367 g/mol. The Hall–Kier alpha value is -2.05. The van der Waals surface area contributed by atoms with Crippen LogP contribution in [0.15, 0.2) is 28.8 Å². The van der Waals surface area contributed by atoms with E-state index in [0.29, 0.717) is 24.8 Å². The van der Waals surface area contributed by atoms with Gasteiger partial charge in [0.15, 0.2) is 17.3 Å². The van der Waals surface area contributed by atoms with Crippen molar-refractivity contribution in [3.05, 3.63) is 41.3 Å². The van der Waals surface area contributed by atoms with Gasteiger partial charge in [-0.2, -0.15) is 0 Å². The number of piperidine rings is 3. The topological polar surface area (TPSA) is 51.0 Å². The summed E-state index contributed by atoms with van der Waals surface area (Å²) in [6.07, 6.45) is 2.64. The maximum atomic E-state index is 5.65. The quantitative estimate of drug-likeness (QED) is 0.832. The van der Waals surface area contributed by atoms with E-state index in [1.54, 1.807) is 0 Å². The van der Waals surface area contributed by atoms with E-state index in [0.717, 1.165) is 42.0 Å². The molecule has 0 unspecified atom stereocenters. The normalized spacial score (nSPS) is 34.2. The molecule has 5 aliphatic heterocycles. The highest BCUT2D eigenvalue weighted by Crippen LogP contribution is 2.48. The summed E-state index contributed by atoms with van der Waals surface area (Å²) in [5.41, 5.74) is 2.33. The maximum absolute atomic E-state index is 5.65. The van der Waals surface area contributed by atoms with Gasteiger partial charge in [0.25, 0.3) is 0 Å². The summed E-state index contributed by atoms with van der Waals surface area (Å²) in [5.74, 6) is 4.03. The molecule has 27 heavy (non-hydrogen) atoms. The van der Waals surface area contributed by atoms with Crippen LogP contribution in [0.5, 0.6) is 11.5 Å². The molecule has 0 saturated carbocycles. The summed E-state index contributed by atoms with van der Waals surface area (Å²) in [6.45, 7) is 6.71. The fourth-order valence-electron chi connectivity index (χ4n) is 5.85. The molecule has 0 amide bonds. The molecule has 0 radical (unpaired) electrons. The lowest BCUT2D eigenvalue weighted by molar-refractivity contribution is -0.0105. The van der Waals surface area contributed by atoms with Gasteiger partial charge in [0.05, 0.1) is 12.2 Å². The minimum Gasteiger partial charge on any atom is -0.454 e. The molecule has 4 saturated heterocycles. The number of rotatable bonds is 3. The third kappa shape index (κ3) is 2.50. The Morgan fingerprint density at radius 1 is 1.07 bits per heavy atom. The molecule has 0 spiro atoms. The first-order valence-electron chi connectivity index (χ1n) is 10.1. The molecule has 1 aromatic carbocycles. The van der Waals surface area contributed by atoms with Crippen molar-refractivity contribution in [2.45, 2.75) is 44.3 Å². The zero-order chi connectivity index (χ0) is 18.0. The van der Waals surface area contributed by atoms with E-state index in [9.17, 15) is 0 Å². The second kappa shape index (κ2) is 5.97. The highest BCUT2D eigenvalue weighted by Gasteiger charge is 2.53. The Balaban J connectivity index is 1.34. The van der Waals surface area contributed by atoms with Gasteiger partial charge >= 0.3 is 0 Å². The van der Waals surface area contributed by atoms with Crippen molar-refractivity contribution in [1.82, 2.24) is 15.0 Å². The zero-order valence-corrected chi connectivity index (χ0v) is 15.6. The summed E-state index contributed by atoms with van der Waals surface area (Å²) in [6, 6.07) is 9.78. The molecule has 6 heterocycles. The van der Waals surface area contributed by atoms with E-state index in [4.69, 9.17) is 14.0 Å². The number of hydrogen-bond donors (Lipinski definition) is 0. The molecule has 4 fully saturated rings. The van der Waals surface area contributed by atoms with Crippen LogP contribution >= 0.6 is 0 Å². The van der Waals surface area contributed by atoms with Gasteiger partial charge in [0, 0.05) is 30.6 Å². The molecule has 142 valence electrons. The third-order valence-electron chi connectivity index (χ3n) is 6.95. The first kappa shape index (κ1) is 16.0. The fourth-order valence-corrected chi connectivity index (χ4v) is 5.85. The zero-order valence-electron chi connectivity index (χ0n) is 15.6. The number of ether oxygens (including phenoxy) is 2. The van der Waals surface area contributed by atoms with E-state index in [1.807, 2.05) is 6.92 Å². The number of aromatic nitrogens is 1.